The van der Waals surface area contributed by atoms with E-state index in [1.54, 1.807) is 0 Å². The van der Waals surface area contributed by atoms with Gasteiger partial charge in [-0.2, -0.15) is 0 Å². The molecule has 0 spiro atoms. The van der Waals surface area contributed by atoms with E-state index >= 15 is 0 Å². The molecule has 0 fully saturated rings. The van der Waals surface area contributed by atoms with Crippen molar-refractivity contribution in [3.05, 3.63) is 25.3 Å². The third-order valence-corrected chi connectivity index (χ3v) is 2.62. The van der Waals surface area contributed by atoms with Crippen molar-refractivity contribution in [1.82, 2.24) is 5.32 Å². The summed E-state index contributed by atoms with van der Waals surface area (Å²) in [5.41, 5.74) is 0. The van der Waals surface area contributed by atoms with Gasteiger partial charge in [-0.25, -0.2) is 14.4 Å². The van der Waals surface area contributed by atoms with Crippen molar-refractivity contribution >= 4 is 24.0 Å². The SMILES string of the molecule is C=CC(=O)OCCCC(=O)OC(CO)COC(=O)NCCOC(=O)C=C. The highest BCUT2D eigenvalue weighted by Crippen LogP contribution is 2.00. The van der Waals surface area contributed by atoms with Gasteiger partial charge in [-0.15, -0.1) is 0 Å². The number of esters is 3. The van der Waals surface area contributed by atoms with Crippen molar-refractivity contribution in [3.63, 3.8) is 0 Å². The number of aliphatic hydroxyl groups excluding tert-OH is 1. The lowest BCUT2D eigenvalue weighted by molar-refractivity contribution is -0.154. The zero-order chi connectivity index (χ0) is 19.8. The van der Waals surface area contributed by atoms with Gasteiger partial charge in [-0.1, -0.05) is 13.2 Å². The van der Waals surface area contributed by atoms with E-state index in [4.69, 9.17) is 19.3 Å². The Kier molecular flexibility index (Phi) is 12.9. The monoisotopic (exact) mass is 373 g/mol. The summed E-state index contributed by atoms with van der Waals surface area (Å²) in [5, 5.41) is 11.4. The molecule has 1 amide bonds. The Labute approximate surface area is 150 Å². The third kappa shape index (κ3) is 12.5. The molecule has 1 atom stereocenters. The molecular formula is C16H23NO9. The summed E-state index contributed by atoms with van der Waals surface area (Å²) in [6, 6.07) is 0. The van der Waals surface area contributed by atoms with E-state index in [-0.39, 0.29) is 39.2 Å². The summed E-state index contributed by atoms with van der Waals surface area (Å²) < 4.78 is 19.0. The second-order valence-corrected chi connectivity index (χ2v) is 4.67. The van der Waals surface area contributed by atoms with Crippen molar-refractivity contribution in [2.45, 2.75) is 18.9 Å². The summed E-state index contributed by atoms with van der Waals surface area (Å²) >= 11 is 0. The van der Waals surface area contributed by atoms with Crippen LogP contribution in [0.1, 0.15) is 12.8 Å². The highest BCUT2D eigenvalue weighted by atomic mass is 16.6. The number of nitrogens with one attached hydrogen (secondary N) is 1. The first-order valence-electron chi connectivity index (χ1n) is 7.72. The van der Waals surface area contributed by atoms with E-state index in [1.165, 1.54) is 0 Å². The van der Waals surface area contributed by atoms with Crippen molar-refractivity contribution in [3.8, 4) is 0 Å². The van der Waals surface area contributed by atoms with Gasteiger partial charge in [-0.05, 0) is 6.42 Å². The van der Waals surface area contributed by atoms with Crippen molar-refractivity contribution in [2.24, 2.45) is 0 Å². The van der Waals surface area contributed by atoms with E-state index in [1.807, 2.05) is 0 Å². The van der Waals surface area contributed by atoms with Crippen LogP contribution in [0.5, 0.6) is 0 Å². The molecule has 10 nitrogen and oxygen atoms in total. The predicted molar refractivity (Wildman–Crippen MR) is 87.9 cm³/mol. The number of alkyl carbamates (subject to hydrolysis) is 1. The lowest BCUT2D eigenvalue weighted by Crippen LogP contribution is -2.33. The van der Waals surface area contributed by atoms with E-state index in [0.717, 1.165) is 12.2 Å². The summed E-state index contributed by atoms with van der Waals surface area (Å²) in [4.78, 5) is 44.5. The Morgan fingerprint density at radius 3 is 2.19 bits per heavy atom. The Morgan fingerprint density at radius 1 is 1.00 bits per heavy atom. The number of carbonyl (C=O) groups is 4. The van der Waals surface area contributed by atoms with Gasteiger partial charge >= 0.3 is 24.0 Å². The molecule has 0 saturated carbocycles. The zero-order valence-electron chi connectivity index (χ0n) is 14.3. The average Bonchev–Trinajstić information content (AvgIpc) is 2.64. The molecule has 0 heterocycles. The number of ether oxygens (including phenoxy) is 4. The Hall–Kier alpha value is -2.88. The molecule has 0 aromatic rings. The van der Waals surface area contributed by atoms with Gasteiger partial charge in [0.2, 0.25) is 0 Å². The minimum Gasteiger partial charge on any atom is -0.463 e. The van der Waals surface area contributed by atoms with Crippen LogP contribution in [-0.4, -0.2) is 68.2 Å². The van der Waals surface area contributed by atoms with E-state index in [0.29, 0.717) is 0 Å². The van der Waals surface area contributed by atoms with Gasteiger partial charge < -0.3 is 29.4 Å². The van der Waals surface area contributed by atoms with Crippen LogP contribution in [0.4, 0.5) is 4.79 Å². The normalized spacial score (nSPS) is 10.8. The molecule has 10 heteroatoms. The number of aliphatic hydroxyl groups is 1. The van der Waals surface area contributed by atoms with Gasteiger partial charge in [0.05, 0.1) is 19.8 Å². The largest absolute Gasteiger partial charge is 0.463 e. The van der Waals surface area contributed by atoms with Gasteiger partial charge in [0.25, 0.3) is 0 Å². The van der Waals surface area contributed by atoms with Crippen molar-refractivity contribution in [2.75, 3.05) is 33.0 Å². The summed E-state index contributed by atoms with van der Waals surface area (Å²) in [7, 11) is 0. The van der Waals surface area contributed by atoms with E-state index < -0.39 is 36.7 Å². The smallest absolute Gasteiger partial charge is 0.407 e. The molecule has 0 bridgehead atoms. The van der Waals surface area contributed by atoms with Gasteiger partial charge in [0.15, 0.2) is 6.10 Å². The fourth-order valence-corrected chi connectivity index (χ4v) is 1.40. The molecule has 2 N–H and O–H groups in total. The number of hydrogen-bond acceptors (Lipinski definition) is 9. The third-order valence-electron chi connectivity index (χ3n) is 2.62. The summed E-state index contributed by atoms with van der Waals surface area (Å²) in [6.45, 7) is 5.53. The molecule has 146 valence electrons. The number of rotatable bonds is 13. The average molecular weight is 373 g/mol. The fourth-order valence-electron chi connectivity index (χ4n) is 1.40. The maximum absolute atomic E-state index is 11.6. The minimum atomic E-state index is -1.03. The molecule has 0 aromatic heterocycles. The molecule has 0 saturated heterocycles. The second-order valence-electron chi connectivity index (χ2n) is 4.67. The summed E-state index contributed by atoms with van der Waals surface area (Å²) in [5.74, 6) is -1.85. The van der Waals surface area contributed by atoms with Crippen LogP contribution < -0.4 is 5.32 Å². The van der Waals surface area contributed by atoms with Crippen LogP contribution in [-0.2, 0) is 33.3 Å². The minimum absolute atomic E-state index is 0.0193. The van der Waals surface area contributed by atoms with Crippen LogP contribution in [0.3, 0.4) is 0 Å². The fraction of sp³-hybridized carbons (Fsp3) is 0.500. The maximum atomic E-state index is 11.6. The van der Waals surface area contributed by atoms with E-state index in [2.05, 4.69) is 23.2 Å². The Morgan fingerprint density at radius 2 is 1.62 bits per heavy atom. The predicted octanol–water partition coefficient (Wildman–Crippen LogP) is -0.145. The molecule has 0 aliphatic rings. The maximum Gasteiger partial charge on any atom is 0.407 e. The van der Waals surface area contributed by atoms with E-state index in [9.17, 15) is 19.2 Å². The topological polar surface area (TPSA) is 137 Å². The lowest BCUT2D eigenvalue weighted by atomic mass is 10.3. The van der Waals surface area contributed by atoms with Gasteiger partial charge in [0, 0.05) is 18.6 Å². The number of amides is 1. The number of hydrogen-bond donors (Lipinski definition) is 2. The standard InChI is InChI=1S/C16H23NO9/c1-3-13(19)23-8-5-6-15(21)26-12(10-18)11-25-16(22)17-7-9-24-14(20)4-2/h3-4,12,18H,1-2,5-11H2,(H,17,22). The van der Waals surface area contributed by atoms with Crippen LogP contribution in [0, 0.1) is 0 Å². The quantitative estimate of drug-likeness (QED) is 0.195. The van der Waals surface area contributed by atoms with Crippen LogP contribution in [0.2, 0.25) is 0 Å². The molecule has 0 aliphatic carbocycles. The van der Waals surface area contributed by atoms with Crippen molar-refractivity contribution in [1.29, 1.82) is 0 Å². The Balaban J connectivity index is 3.88. The first-order valence-corrected chi connectivity index (χ1v) is 7.72. The molecule has 0 aromatic carbocycles. The second kappa shape index (κ2) is 14.5. The van der Waals surface area contributed by atoms with Crippen molar-refractivity contribution < 1.29 is 43.2 Å². The first kappa shape index (κ1) is 23.1. The van der Waals surface area contributed by atoms with Crippen LogP contribution in [0.25, 0.3) is 0 Å². The summed E-state index contributed by atoms with van der Waals surface area (Å²) in [6.07, 6.45) is 0.338. The molecule has 0 radical (unpaired) electrons. The molecule has 0 aliphatic heterocycles. The molecule has 0 rings (SSSR count). The molecule has 26 heavy (non-hydrogen) atoms. The highest BCUT2D eigenvalue weighted by Gasteiger charge is 2.16. The lowest BCUT2D eigenvalue weighted by Gasteiger charge is -2.16. The highest BCUT2D eigenvalue weighted by molar-refractivity contribution is 5.81. The molecule has 1 unspecified atom stereocenters. The van der Waals surface area contributed by atoms with Crippen LogP contribution in [0.15, 0.2) is 25.3 Å². The van der Waals surface area contributed by atoms with Gasteiger partial charge in [0.1, 0.15) is 13.2 Å². The first-order chi connectivity index (χ1) is 12.4. The van der Waals surface area contributed by atoms with Gasteiger partial charge in [-0.3, -0.25) is 4.79 Å². The zero-order valence-corrected chi connectivity index (χ0v) is 14.3. The molecular weight excluding hydrogens is 350 g/mol. The Bertz CT molecular complexity index is 504. The number of carbonyl (C=O) groups excluding carboxylic acids is 4. The van der Waals surface area contributed by atoms with Crippen LogP contribution >= 0.6 is 0 Å².